The highest BCUT2D eigenvalue weighted by molar-refractivity contribution is 6.28. The van der Waals surface area contributed by atoms with E-state index < -0.39 is 5.82 Å². The molecule has 0 atom stereocenters. The zero-order valence-corrected chi connectivity index (χ0v) is 11.1. The monoisotopic (exact) mass is 283 g/mol. The van der Waals surface area contributed by atoms with Gasteiger partial charge >= 0.3 is 0 Å². The second-order valence-corrected chi connectivity index (χ2v) is 4.22. The van der Waals surface area contributed by atoms with Gasteiger partial charge in [-0.1, -0.05) is 6.92 Å². The van der Waals surface area contributed by atoms with Crippen LogP contribution in [0.25, 0.3) is 5.82 Å². The first kappa shape index (κ1) is 13.5. The highest BCUT2D eigenvalue weighted by Crippen LogP contribution is 2.13. The lowest BCUT2D eigenvalue weighted by molar-refractivity contribution is 0.0971. The number of nitrogens with zero attached hydrogens (tertiary/aromatic N) is 5. The van der Waals surface area contributed by atoms with Gasteiger partial charge in [0.15, 0.2) is 11.6 Å². The van der Waals surface area contributed by atoms with Crippen molar-refractivity contribution in [3.8, 4) is 5.82 Å². The fourth-order valence-electron chi connectivity index (χ4n) is 1.53. The van der Waals surface area contributed by atoms with Crippen molar-refractivity contribution in [3.05, 3.63) is 28.9 Å². The molecule has 0 saturated carbocycles. The number of halogens is 2. The van der Waals surface area contributed by atoms with E-state index in [-0.39, 0.29) is 22.7 Å². The van der Waals surface area contributed by atoms with Gasteiger partial charge in [-0.15, -0.1) is 5.10 Å². The number of aromatic nitrogens is 5. The van der Waals surface area contributed by atoms with E-state index in [1.165, 1.54) is 0 Å². The van der Waals surface area contributed by atoms with E-state index in [4.69, 9.17) is 11.6 Å². The molecule has 2 aromatic heterocycles. The summed E-state index contributed by atoms with van der Waals surface area (Å²) in [7, 11) is 0. The maximum absolute atomic E-state index is 13.6. The van der Waals surface area contributed by atoms with Crippen LogP contribution in [0.15, 0.2) is 6.20 Å². The lowest BCUT2D eigenvalue weighted by Crippen LogP contribution is -2.07. The molecule has 0 unspecified atom stereocenters. The van der Waals surface area contributed by atoms with E-state index in [1.54, 1.807) is 6.92 Å². The van der Waals surface area contributed by atoms with Crippen LogP contribution < -0.4 is 0 Å². The molecule has 6 nitrogen and oxygen atoms in total. The summed E-state index contributed by atoms with van der Waals surface area (Å²) in [4.78, 5) is 23.0. The van der Waals surface area contributed by atoms with Crippen molar-refractivity contribution in [2.45, 2.75) is 26.7 Å². The van der Waals surface area contributed by atoms with Gasteiger partial charge in [0, 0.05) is 6.42 Å². The average Bonchev–Trinajstić information content (AvgIpc) is 2.75. The molecule has 0 aromatic carbocycles. The molecule has 100 valence electrons. The lowest BCUT2D eigenvalue weighted by Gasteiger charge is -2.02. The molecule has 2 rings (SSSR count). The molecule has 0 aliphatic carbocycles. The van der Waals surface area contributed by atoms with Crippen LogP contribution in [0, 0.1) is 12.7 Å². The second kappa shape index (κ2) is 5.40. The van der Waals surface area contributed by atoms with Gasteiger partial charge in [-0.05, 0) is 24.9 Å². The average molecular weight is 284 g/mol. The molecule has 2 aromatic rings. The first-order valence-electron chi connectivity index (χ1n) is 5.68. The van der Waals surface area contributed by atoms with Crippen molar-refractivity contribution in [1.29, 1.82) is 0 Å². The van der Waals surface area contributed by atoms with E-state index in [0.717, 1.165) is 10.9 Å². The molecule has 0 bridgehead atoms. The maximum Gasteiger partial charge on any atom is 0.224 e. The SMILES string of the molecule is CCCC(=O)c1nc(C)n(-c2nc(Cl)ncc2F)n1. The largest absolute Gasteiger partial charge is 0.291 e. The van der Waals surface area contributed by atoms with E-state index in [1.807, 2.05) is 6.92 Å². The molecule has 0 aliphatic heterocycles. The minimum Gasteiger partial charge on any atom is -0.291 e. The van der Waals surface area contributed by atoms with E-state index >= 15 is 0 Å². The molecule has 0 aliphatic rings. The fourth-order valence-corrected chi connectivity index (χ4v) is 1.66. The van der Waals surface area contributed by atoms with Crippen LogP contribution in [0.3, 0.4) is 0 Å². The Morgan fingerprint density at radius 1 is 1.47 bits per heavy atom. The van der Waals surface area contributed by atoms with Crippen LogP contribution in [-0.4, -0.2) is 30.5 Å². The van der Waals surface area contributed by atoms with Gasteiger partial charge in [0.1, 0.15) is 5.82 Å². The van der Waals surface area contributed by atoms with Gasteiger partial charge in [-0.25, -0.2) is 14.4 Å². The van der Waals surface area contributed by atoms with E-state index in [0.29, 0.717) is 18.7 Å². The third kappa shape index (κ3) is 2.76. The van der Waals surface area contributed by atoms with Crippen LogP contribution >= 0.6 is 11.6 Å². The second-order valence-electron chi connectivity index (χ2n) is 3.88. The molecule has 19 heavy (non-hydrogen) atoms. The lowest BCUT2D eigenvalue weighted by atomic mass is 10.2. The summed E-state index contributed by atoms with van der Waals surface area (Å²) in [5.74, 6) is -0.598. The first-order valence-corrected chi connectivity index (χ1v) is 6.06. The van der Waals surface area contributed by atoms with Crippen molar-refractivity contribution in [1.82, 2.24) is 24.7 Å². The predicted molar refractivity (Wildman–Crippen MR) is 65.9 cm³/mol. The number of carbonyl (C=O) groups is 1. The normalized spacial score (nSPS) is 10.7. The first-order chi connectivity index (χ1) is 9.02. The zero-order chi connectivity index (χ0) is 14.0. The Kier molecular flexibility index (Phi) is 3.84. The number of carbonyl (C=O) groups excluding carboxylic acids is 1. The highest BCUT2D eigenvalue weighted by Gasteiger charge is 2.17. The van der Waals surface area contributed by atoms with Crippen LogP contribution in [0.2, 0.25) is 5.28 Å². The Hall–Kier alpha value is -1.89. The molecule has 0 amide bonds. The Labute approximate surface area is 113 Å². The van der Waals surface area contributed by atoms with Gasteiger partial charge in [0.2, 0.25) is 16.9 Å². The van der Waals surface area contributed by atoms with Crippen LogP contribution in [0.4, 0.5) is 4.39 Å². The smallest absolute Gasteiger partial charge is 0.224 e. The predicted octanol–water partition coefficient (Wildman–Crippen LogP) is 2.14. The summed E-state index contributed by atoms with van der Waals surface area (Å²) >= 11 is 5.62. The Morgan fingerprint density at radius 3 is 2.89 bits per heavy atom. The van der Waals surface area contributed by atoms with Gasteiger partial charge in [-0.3, -0.25) is 4.79 Å². The number of aryl methyl sites for hydroxylation is 1. The summed E-state index contributed by atoms with van der Waals surface area (Å²) in [5.41, 5.74) is 0. The molecule has 0 radical (unpaired) electrons. The molecular weight excluding hydrogens is 273 g/mol. The third-order valence-corrected chi connectivity index (χ3v) is 2.57. The summed E-state index contributed by atoms with van der Waals surface area (Å²) < 4.78 is 14.8. The minimum atomic E-state index is -0.688. The summed E-state index contributed by atoms with van der Waals surface area (Å²) in [5, 5.41) is 3.86. The summed E-state index contributed by atoms with van der Waals surface area (Å²) in [6.07, 6.45) is 1.98. The summed E-state index contributed by atoms with van der Waals surface area (Å²) in [6, 6.07) is 0. The van der Waals surface area contributed by atoms with Crippen LogP contribution in [-0.2, 0) is 0 Å². The molecular formula is C11H11ClFN5O. The standard InChI is InChI=1S/C11H11ClFN5O/c1-3-4-8(19)9-15-6(2)18(17-9)10-7(13)5-14-11(12)16-10/h5H,3-4H2,1-2H3. The Morgan fingerprint density at radius 2 is 2.21 bits per heavy atom. The summed E-state index contributed by atoms with van der Waals surface area (Å²) in [6.45, 7) is 3.48. The van der Waals surface area contributed by atoms with Crippen LogP contribution in [0.1, 0.15) is 36.2 Å². The highest BCUT2D eigenvalue weighted by atomic mass is 35.5. The van der Waals surface area contributed by atoms with E-state index in [9.17, 15) is 9.18 Å². The van der Waals surface area contributed by atoms with Gasteiger partial charge in [-0.2, -0.15) is 9.67 Å². The van der Waals surface area contributed by atoms with Crippen molar-refractivity contribution < 1.29 is 9.18 Å². The van der Waals surface area contributed by atoms with Crippen molar-refractivity contribution in [3.63, 3.8) is 0 Å². The Bertz CT molecular complexity index is 628. The molecule has 2 heterocycles. The number of hydrogen-bond donors (Lipinski definition) is 0. The molecule has 0 fully saturated rings. The minimum absolute atomic E-state index is 0.0495. The quantitative estimate of drug-likeness (QED) is 0.635. The van der Waals surface area contributed by atoms with Gasteiger partial charge in [0.25, 0.3) is 0 Å². The number of ketones is 1. The van der Waals surface area contributed by atoms with Crippen molar-refractivity contribution >= 4 is 17.4 Å². The number of hydrogen-bond acceptors (Lipinski definition) is 5. The Balaban J connectivity index is 2.46. The van der Waals surface area contributed by atoms with E-state index in [2.05, 4.69) is 20.1 Å². The molecule has 0 spiro atoms. The number of rotatable bonds is 4. The van der Waals surface area contributed by atoms with Crippen molar-refractivity contribution in [2.24, 2.45) is 0 Å². The zero-order valence-electron chi connectivity index (χ0n) is 10.4. The van der Waals surface area contributed by atoms with Gasteiger partial charge < -0.3 is 0 Å². The van der Waals surface area contributed by atoms with Gasteiger partial charge in [0.05, 0.1) is 6.20 Å². The molecule has 8 heteroatoms. The maximum atomic E-state index is 13.6. The number of Topliss-reactive ketones (excluding diaryl/α,β-unsaturated/α-hetero) is 1. The molecule has 0 N–H and O–H groups in total. The van der Waals surface area contributed by atoms with Crippen LogP contribution in [0.5, 0.6) is 0 Å². The topological polar surface area (TPSA) is 73.6 Å². The molecule has 0 saturated heterocycles. The fraction of sp³-hybridized carbons (Fsp3) is 0.364. The third-order valence-electron chi connectivity index (χ3n) is 2.39. The van der Waals surface area contributed by atoms with Crippen molar-refractivity contribution in [2.75, 3.05) is 0 Å².